The van der Waals surface area contributed by atoms with Crippen LogP contribution >= 0.6 is 11.5 Å². The lowest BCUT2D eigenvalue weighted by Gasteiger charge is -2.06. The van der Waals surface area contributed by atoms with Crippen LogP contribution in [0.15, 0.2) is 29.9 Å². The van der Waals surface area contributed by atoms with Gasteiger partial charge in [0.15, 0.2) is 0 Å². The molecular formula is C14H13N3O2S. The Bertz CT molecular complexity index is 762. The quantitative estimate of drug-likeness (QED) is 0.695. The number of nitrogens with zero attached hydrogens (tertiary/aromatic N) is 3. The lowest BCUT2D eigenvalue weighted by molar-refractivity contribution is 0.0526. The van der Waals surface area contributed by atoms with E-state index in [0.29, 0.717) is 12.2 Å². The van der Waals surface area contributed by atoms with E-state index in [4.69, 9.17) is 4.74 Å². The molecule has 0 unspecified atom stereocenters. The van der Waals surface area contributed by atoms with Crippen LogP contribution in [0.5, 0.6) is 0 Å². The van der Waals surface area contributed by atoms with E-state index in [2.05, 4.69) is 9.36 Å². The molecule has 3 aromatic rings. The fourth-order valence-electron chi connectivity index (χ4n) is 2.09. The molecule has 0 saturated carbocycles. The van der Waals surface area contributed by atoms with Gasteiger partial charge in [-0.1, -0.05) is 0 Å². The number of hydrogen-bond acceptors (Lipinski definition) is 5. The van der Waals surface area contributed by atoms with Crippen molar-refractivity contribution in [1.29, 1.82) is 0 Å². The predicted octanol–water partition coefficient (Wildman–Crippen LogP) is 2.94. The number of esters is 1. The number of aromatic nitrogens is 3. The minimum Gasteiger partial charge on any atom is -0.462 e. The molecule has 0 spiro atoms. The van der Waals surface area contributed by atoms with E-state index in [0.717, 1.165) is 22.6 Å². The van der Waals surface area contributed by atoms with Crippen LogP contribution < -0.4 is 0 Å². The molecule has 3 rings (SSSR count). The average Bonchev–Trinajstić information content (AvgIpc) is 3.05. The zero-order valence-corrected chi connectivity index (χ0v) is 12.0. The fourth-order valence-corrected chi connectivity index (χ4v) is 2.61. The summed E-state index contributed by atoms with van der Waals surface area (Å²) in [7, 11) is 0. The number of carbonyl (C=O) groups excluding carboxylic acids is 1. The first-order valence-electron chi connectivity index (χ1n) is 6.26. The lowest BCUT2D eigenvalue weighted by Crippen LogP contribution is -2.06. The normalized spacial score (nSPS) is 10.9. The highest BCUT2D eigenvalue weighted by Gasteiger charge is 2.15. The molecule has 0 aliphatic heterocycles. The van der Waals surface area contributed by atoms with E-state index < -0.39 is 0 Å². The van der Waals surface area contributed by atoms with Gasteiger partial charge in [-0.2, -0.15) is 4.37 Å². The molecule has 5 nitrogen and oxygen atoms in total. The predicted molar refractivity (Wildman–Crippen MR) is 77.0 cm³/mol. The van der Waals surface area contributed by atoms with Crippen molar-refractivity contribution in [3.8, 4) is 11.3 Å². The molecule has 0 aliphatic carbocycles. The SMILES string of the molecule is CCOC(=O)c1cc(-c2ccsn2)c2nc(C)cn2c1. The van der Waals surface area contributed by atoms with Crippen LogP contribution in [0.4, 0.5) is 0 Å². The fraction of sp³-hybridized carbons (Fsp3) is 0.214. The summed E-state index contributed by atoms with van der Waals surface area (Å²) in [6.07, 6.45) is 3.62. The minimum atomic E-state index is -0.336. The van der Waals surface area contributed by atoms with Crippen molar-refractivity contribution in [2.45, 2.75) is 13.8 Å². The first-order chi connectivity index (χ1) is 9.69. The highest BCUT2D eigenvalue weighted by atomic mass is 32.1. The first-order valence-corrected chi connectivity index (χ1v) is 7.10. The number of hydrogen-bond donors (Lipinski definition) is 0. The van der Waals surface area contributed by atoms with Gasteiger partial charge in [0.1, 0.15) is 5.65 Å². The molecule has 0 aromatic carbocycles. The van der Waals surface area contributed by atoms with Crippen molar-refractivity contribution < 1.29 is 9.53 Å². The van der Waals surface area contributed by atoms with Crippen molar-refractivity contribution >= 4 is 23.1 Å². The molecule has 3 heterocycles. The van der Waals surface area contributed by atoms with E-state index in [1.165, 1.54) is 11.5 Å². The number of carbonyl (C=O) groups is 1. The molecule has 3 aromatic heterocycles. The third kappa shape index (κ3) is 2.18. The number of aryl methyl sites for hydroxylation is 1. The molecule has 0 atom stereocenters. The molecule has 20 heavy (non-hydrogen) atoms. The summed E-state index contributed by atoms with van der Waals surface area (Å²) in [5.41, 5.74) is 3.84. The van der Waals surface area contributed by atoms with Crippen LogP contribution in [-0.4, -0.2) is 26.3 Å². The summed E-state index contributed by atoms with van der Waals surface area (Å²) in [6.45, 7) is 4.06. The number of fused-ring (bicyclic) bond motifs is 1. The molecule has 0 saturated heterocycles. The van der Waals surface area contributed by atoms with Crippen molar-refractivity contribution in [2.75, 3.05) is 6.61 Å². The summed E-state index contributed by atoms with van der Waals surface area (Å²) in [5.74, 6) is -0.336. The van der Waals surface area contributed by atoms with Crippen molar-refractivity contribution in [3.05, 3.63) is 41.2 Å². The van der Waals surface area contributed by atoms with Gasteiger partial charge in [0.05, 0.1) is 23.6 Å². The monoisotopic (exact) mass is 287 g/mol. The van der Waals surface area contributed by atoms with Crippen LogP contribution in [0.1, 0.15) is 23.0 Å². The van der Waals surface area contributed by atoms with Gasteiger partial charge in [0.25, 0.3) is 0 Å². The summed E-state index contributed by atoms with van der Waals surface area (Å²) in [4.78, 5) is 16.4. The summed E-state index contributed by atoms with van der Waals surface area (Å²) in [5, 5.41) is 1.90. The van der Waals surface area contributed by atoms with Gasteiger partial charge >= 0.3 is 5.97 Å². The average molecular weight is 287 g/mol. The molecule has 102 valence electrons. The Morgan fingerprint density at radius 3 is 3.00 bits per heavy atom. The Balaban J connectivity index is 2.22. The third-order valence-corrected chi connectivity index (χ3v) is 3.46. The number of ether oxygens (including phenoxy) is 1. The molecule has 6 heteroatoms. The maximum atomic E-state index is 11.9. The maximum absolute atomic E-state index is 11.9. The molecule has 0 fully saturated rings. The van der Waals surface area contributed by atoms with Gasteiger partial charge in [0, 0.05) is 23.3 Å². The minimum absolute atomic E-state index is 0.336. The zero-order chi connectivity index (χ0) is 14.1. The Morgan fingerprint density at radius 1 is 1.45 bits per heavy atom. The smallest absolute Gasteiger partial charge is 0.339 e. The van der Waals surface area contributed by atoms with Crippen LogP contribution in [-0.2, 0) is 4.74 Å². The molecule has 0 bridgehead atoms. The Hall–Kier alpha value is -2.21. The Labute approximate surface area is 120 Å². The number of pyridine rings is 1. The van der Waals surface area contributed by atoms with Gasteiger partial charge in [-0.3, -0.25) is 0 Å². The molecule has 0 radical (unpaired) electrons. The topological polar surface area (TPSA) is 56.5 Å². The van der Waals surface area contributed by atoms with Gasteiger partial charge < -0.3 is 9.14 Å². The zero-order valence-electron chi connectivity index (χ0n) is 11.2. The van der Waals surface area contributed by atoms with Crippen LogP contribution in [0.2, 0.25) is 0 Å². The third-order valence-electron chi connectivity index (χ3n) is 2.90. The van der Waals surface area contributed by atoms with Gasteiger partial charge in [0.2, 0.25) is 0 Å². The van der Waals surface area contributed by atoms with Crippen molar-refractivity contribution in [1.82, 2.24) is 13.8 Å². The van der Waals surface area contributed by atoms with Gasteiger partial charge in [-0.25, -0.2) is 9.78 Å². The first kappa shape index (κ1) is 12.8. The highest BCUT2D eigenvalue weighted by Crippen LogP contribution is 2.25. The summed E-state index contributed by atoms with van der Waals surface area (Å²) < 4.78 is 11.2. The van der Waals surface area contributed by atoms with E-state index in [1.807, 2.05) is 29.0 Å². The maximum Gasteiger partial charge on any atom is 0.339 e. The lowest BCUT2D eigenvalue weighted by atomic mass is 10.1. The van der Waals surface area contributed by atoms with Crippen molar-refractivity contribution in [3.63, 3.8) is 0 Å². The standard InChI is InChI=1S/C14H13N3O2S/c1-3-19-14(18)10-6-11(12-4-5-20-16-12)13-15-9(2)7-17(13)8-10/h4-8H,3H2,1-2H3. The van der Waals surface area contributed by atoms with Crippen LogP contribution in [0, 0.1) is 6.92 Å². The molecular weight excluding hydrogens is 274 g/mol. The second kappa shape index (κ2) is 5.05. The summed E-state index contributed by atoms with van der Waals surface area (Å²) >= 11 is 1.37. The second-order valence-corrected chi connectivity index (χ2v) is 5.03. The molecule has 0 N–H and O–H groups in total. The van der Waals surface area contributed by atoms with Gasteiger partial charge in [-0.05, 0) is 37.5 Å². The summed E-state index contributed by atoms with van der Waals surface area (Å²) in [6, 6.07) is 3.70. The Kier molecular flexibility index (Phi) is 3.23. The molecule has 0 aliphatic rings. The van der Waals surface area contributed by atoms with Crippen LogP contribution in [0.3, 0.4) is 0 Å². The number of imidazole rings is 1. The number of rotatable bonds is 3. The van der Waals surface area contributed by atoms with E-state index in [1.54, 1.807) is 19.2 Å². The van der Waals surface area contributed by atoms with Gasteiger partial charge in [-0.15, -0.1) is 0 Å². The van der Waals surface area contributed by atoms with Crippen molar-refractivity contribution in [2.24, 2.45) is 0 Å². The van der Waals surface area contributed by atoms with Crippen LogP contribution in [0.25, 0.3) is 16.9 Å². The van der Waals surface area contributed by atoms with E-state index >= 15 is 0 Å². The van der Waals surface area contributed by atoms with E-state index in [-0.39, 0.29) is 5.97 Å². The molecule has 0 amide bonds. The largest absolute Gasteiger partial charge is 0.462 e. The van der Waals surface area contributed by atoms with E-state index in [9.17, 15) is 4.79 Å². The highest BCUT2D eigenvalue weighted by molar-refractivity contribution is 7.03. The second-order valence-electron chi connectivity index (χ2n) is 4.36. The Morgan fingerprint density at radius 2 is 2.30 bits per heavy atom.